The number of ether oxygens (including phenoxy) is 2. The summed E-state index contributed by atoms with van der Waals surface area (Å²) in [5, 5.41) is 3.59. The summed E-state index contributed by atoms with van der Waals surface area (Å²) in [6, 6.07) is 4.12. The Hall–Kier alpha value is -0.740. The first-order valence-electron chi connectivity index (χ1n) is 7.17. The number of benzene rings is 1. The van der Waals surface area contributed by atoms with E-state index in [0.29, 0.717) is 6.61 Å². The van der Waals surface area contributed by atoms with E-state index >= 15 is 0 Å². The molecule has 0 aliphatic heterocycles. The van der Waals surface area contributed by atoms with Crippen molar-refractivity contribution >= 4 is 15.9 Å². The van der Waals surface area contributed by atoms with E-state index in [0.717, 1.165) is 28.9 Å². The van der Waals surface area contributed by atoms with Crippen molar-refractivity contribution in [1.82, 2.24) is 5.32 Å². The van der Waals surface area contributed by atoms with Crippen molar-refractivity contribution in [2.75, 3.05) is 13.7 Å². The van der Waals surface area contributed by atoms with Crippen LogP contribution in [0.3, 0.4) is 0 Å². The molecule has 0 spiro atoms. The van der Waals surface area contributed by atoms with E-state index in [1.165, 1.54) is 12.0 Å². The van der Waals surface area contributed by atoms with E-state index in [1.807, 2.05) is 13.0 Å². The molecule has 114 valence electrons. The molecular formula is C16H26BrNO2. The fraction of sp³-hybridized carbons (Fsp3) is 0.625. The van der Waals surface area contributed by atoms with E-state index in [-0.39, 0.29) is 5.54 Å². The lowest BCUT2D eigenvalue weighted by Gasteiger charge is -2.26. The summed E-state index contributed by atoms with van der Waals surface area (Å²) >= 11 is 3.56. The highest BCUT2D eigenvalue weighted by Gasteiger charge is 2.17. The molecule has 0 fully saturated rings. The third-order valence-corrected chi connectivity index (χ3v) is 3.81. The van der Waals surface area contributed by atoms with E-state index < -0.39 is 0 Å². The van der Waals surface area contributed by atoms with Crippen LogP contribution in [-0.2, 0) is 6.54 Å². The van der Waals surface area contributed by atoms with Crippen molar-refractivity contribution in [3.8, 4) is 11.5 Å². The first-order chi connectivity index (χ1) is 9.43. The van der Waals surface area contributed by atoms with Gasteiger partial charge in [0.25, 0.3) is 0 Å². The van der Waals surface area contributed by atoms with E-state index in [4.69, 9.17) is 9.47 Å². The maximum Gasteiger partial charge on any atom is 0.175 e. The van der Waals surface area contributed by atoms with Gasteiger partial charge in [0, 0.05) is 12.1 Å². The quantitative estimate of drug-likeness (QED) is 0.752. The van der Waals surface area contributed by atoms with Crippen LogP contribution in [0.2, 0.25) is 0 Å². The molecule has 0 aliphatic rings. The second-order valence-corrected chi connectivity index (χ2v) is 6.38. The van der Waals surface area contributed by atoms with Crippen molar-refractivity contribution in [1.29, 1.82) is 0 Å². The molecule has 0 saturated heterocycles. The van der Waals surface area contributed by atoms with Crippen LogP contribution in [0.4, 0.5) is 0 Å². The van der Waals surface area contributed by atoms with Crippen LogP contribution in [-0.4, -0.2) is 19.3 Å². The standard InChI is InChI=1S/C16H26BrNO2/c1-6-8-16(3,4)18-11-12-9-13(17)15(20-7-2)14(10-12)19-5/h9-10,18H,6-8,11H2,1-5H3. The lowest BCUT2D eigenvalue weighted by Crippen LogP contribution is -2.38. The monoisotopic (exact) mass is 343 g/mol. The van der Waals surface area contributed by atoms with Crippen LogP contribution < -0.4 is 14.8 Å². The Bertz CT molecular complexity index is 433. The van der Waals surface area contributed by atoms with Crippen molar-refractivity contribution in [3.05, 3.63) is 22.2 Å². The molecule has 0 aliphatic carbocycles. The molecule has 1 aromatic carbocycles. The second-order valence-electron chi connectivity index (χ2n) is 5.53. The molecule has 3 nitrogen and oxygen atoms in total. The summed E-state index contributed by atoms with van der Waals surface area (Å²) < 4.78 is 12.0. The van der Waals surface area contributed by atoms with Crippen molar-refractivity contribution in [2.45, 2.75) is 52.6 Å². The molecule has 0 amide bonds. The van der Waals surface area contributed by atoms with Crippen molar-refractivity contribution < 1.29 is 9.47 Å². The molecule has 0 aromatic heterocycles. The summed E-state index contributed by atoms with van der Waals surface area (Å²) in [4.78, 5) is 0. The Morgan fingerprint density at radius 2 is 1.95 bits per heavy atom. The summed E-state index contributed by atoms with van der Waals surface area (Å²) in [6.07, 6.45) is 2.33. The van der Waals surface area contributed by atoms with Gasteiger partial charge in [-0.25, -0.2) is 0 Å². The Kier molecular flexibility index (Phi) is 6.83. The van der Waals surface area contributed by atoms with Crippen LogP contribution in [0.5, 0.6) is 11.5 Å². The molecule has 0 bridgehead atoms. The number of hydrogen-bond acceptors (Lipinski definition) is 3. The summed E-state index contributed by atoms with van der Waals surface area (Å²) in [6.45, 7) is 10.1. The van der Waals surface area contributed by atoms with Gasteiger partial charge < -0.3 is 14.8 Å². The van der Waals surface area contributed by atoms with Gasteiger partial charge in [-0.05, 0) is 60.8 Å². The predicted octanol–water partition coefficient (Wildman–Crippen LogP) is 4.52. The number of methoxy groups -OCH3 is 1. The SMILES string of the molecule is CCCC(C)(C)NCc1cc(Br)c(OCC)c(OC)c1. The highest BCUT2D eigenvalue weighted by Crippen LogP contribution is 2.36. The third kappa shape index (κ3) is 4.98. The fourth-order valence-electron chi connectivity index (χ4n) is 2.21. The first kappa shape index (κ1) is 17.3. The summed E-state index contributed by atoms with van der Waals surface area (Å²) in [5.41, 5.74) is 1.33. The topological polar surface area (TPSA) is 30.5 Å². The van der Waals surface area contributed by atoms with Crippen molar-refractivity contribution in [3.63, 3.8) is 0 Å². The molecule has 0 saturated carbocycles. The number of hydrogen-bond donors (Lipinski definition) is 1. The normalized spacial score (nSPS) is 11.5. The van der Waals surface area contributed by atoms with E-state index in [2.05, 4.69) is 48.1 Å². The number of halogens is 1. The van der Waals surface area contributed by atoms with Gasteiger partial charge >= 0.3 is 0 Å². The minimum atomic E-state index is 0.146. The van der Waals surface area contributed by atoms with Gasteiger partial charge in [0.2, 0.25) is 0 Å². The maximum atomic E-state index is 5.61. The molecule has 0 heterocycles. The third-order valence-electron chi connectivity index (χ3n) is 3.22. The van der Waals surface area contributed by atoms with Crippen LogP contribution in [0.15, 0.2) is 16.6 Å². The van der Waals surface area contributed by atoms with Crippen LogP contribution in [0.1, 0.15) is 46.1 Å². The molecule has 0 radical (unpaired) electrons. The lowest BCUT2D eigenvalue weighted by molar-refractivity contribution is 0.308. The van der Waals surface area contributed by atoms with Gasteiger partial charge in [-0.3, -0.25) is 0 Å². The molecule has 1 rings (SSSR count). The highest BCUT2D eigenvalue weighted by molar-refractivity contribution is 9.10. The van der Waals surface area contributed by atoms with Gasteiger partial charge in [0.05, 0.1) is 18.2 Å². The summed E-state index contributed by atoms with van der Waals surface area (Å²) in [7, 11) is 1.67. The fourth-order valence-corrected chi connectivity index (χ4v) is 2.82. The average Bonchev–Trinajstić information content (AvgIpc) is 2.39. The highest BCUT2D eigenvalue weighted by atomic mass is 79.9. The largest absolute Gasteiger partial charge is 0.493 e. The number of rotatable bonds is 8. The van der Waals surface area contributed by atoms with Gasteiger partial charge in [0.1, 0.15) is 0 Å². The zero-order valence-electron chi connectivity index (χ0n) is 13.2. The van der Waals surface area contributed by atoms with Crippen LogP contribution >= 0.6 is 15.9 Å². The van der Waals surface area contributed by atoms with Crippen molar-refractivity contribution in [2.24, 2.45) is 0 Å². The maximum absolute atomic E-state index is 5.61. The molecule has 1 N–H and O–H groups in total. The smallest absolute Gasteiger partial charge is 0.175 e. The van der Waals surface area contributed by atoms with Crippen LogP contribution in [0.25, 0.3) is 0 Å². The zero-order chi connectivity index (χ0) is 15.2. The van der Waals surface area contributed by atoms with Gasteiger partial charge in [0.15, 0.2) is 11.5 Å². The molecule has 1 aromatic rings. The average molecular weight is 344 g/mol. The van der Waals surface area contributed by atoms with E-state index in [9.17, 15) is 0 Å². The minimum Gasteiger partial charge on any atom is -0.493 e. The lowest BCUT2D eigenvalue weighted by atomic mass is 9.98. The number of nitrogens with one attached hydrogen (secondary N) is 1. The Balaban J connectivity index is 2.84. The second kappa shape index (κ2) is 7.89. The van der Waals surface area contributed by atoms with Gasteiger partial charge in [-0.2, -0.15) is 0 Å². The molecular weight excluding hydrogens is 318 g/mol. The summed E-state index contributed by atoms with van der Waals surface area (Å²) in [5.74, 6) is 1.54. The first-order valence-corrected chi connectivity index (χ1v) is 7.97. The Labute approximate surface area is 131 Å². The van der Waals surface area contributed by atoms with Gasteiger partial charge in [-0.15, -0.1) is 0 Å². The Morgan fingerprint density at radius 1 is 1.25 bits per heavy atom. The molecule has 0 unspecified atom stereocenters. The zero-order valence-corrected chi connectivity index (χ0v) is 14.8. The van der Waals surface area contributed by atoms with Gasteiger partial charge in [-0.1, -0.05) is 13.3 Å². The van der Waals surface area contributed by atoms with E-state index in [1.54, 1.807) is 7.11 Å². The predicted molar refractivity (Wildman–Crippen MR) is 87.7 cm³/mol. The minimum absolute atomic E-state index is 0.146. The van der Waals surface area contributed by atoms with Crippen LogP contribution in [0, 0.1) is 0 Å². The molecule has 0 atom stereocenters. The molecule has 4 heteroatoms. The Morgan fingerprint density at radius 3 is 2.50 bits per heavy atom. The molecule has 20 heavy (non-hydrogen) atoms.